The summed E-state index contributed by atoms with van der Waals surface area (Å²) < 4.78 is 11.2. The van der Waals surface area contributed by atoms with E-state index in [4.69, 9.17) is 9.47 Å². The van der Waals surface area contributed by atoms with Crippen molar-refractivity contribution in [2.75, 3.05) is 30.9 Å². The Balaban J connectivity index is 2.12. The molecule has 1 fully saturated rings. The Labute approximate surface area is 126 Å². The Morgan fingerprint density at radius 3 is 2.57 bits per heavy atom. The maximum atomic E-state index is 5.76. The van der Waals surface area contributed by atoms with Crippen LogP contribution >= 0.6 is 0 Å². The van der Waals surface area contributed by atoms with Crippen LogP contribution in [0.1, 0.15) is 34.1 Å². The van der Waals surface area contributed by atoms with Gasteiger partial charge in [0.15, 0.2) is 11.6 Å². The van der Waals surface area contributed by atoms with Crippen LogP contribution in [0.5, 0.6) is 5.75 Å². The molecule has 2 atom stereocenters. The molecule has 1 aliphatic carbocycles. The van der Waals surface area contributed by atoms with Crippen molar-refractivity contribution in [1.29, 1.82) is 0 Å². The third kappa shape index (κ3) is 3.05. The highest BCUT2D eigenvalue weighted by molar-refractivity contribution is 5.64. The van der Waals surface area contributed by atoms with Crippen molar-refractivity contribution >= 4 is 11.6 Å². The number of ether oxygens (including phenoxy) is 2. The lowest BCUT2D eigenvalue weighted by Crippen LogP contribution is -2.58. The Morgan fingerprint density at radius 1 is 1.29 bits per heavy atom. The van der Waals surface area contributed by atoms with E-state index >= 15 is 0 Å². The SMILES string of the molecule is CCNc1ncnc(NC2CC(OCC)C2(C)C)c1OC. The summed E-state index contributed by atoms with van der Waals surface area (Å²) in [5, 5.41) is 6.66. The number of aromatic nitrogens is 2. The van der Waals surface area contributed by atoms with Gasteiger partial charge in [-0.2, -0.15) is 0 Å². The van der Waals surface area contributed by atoms with Crippen LogP contribution in [0.4, 0.5) is 11.6 Å². The number of nitrogens with one attached hydrogen (secondary N) is 2. The van der Waals surface area contributed by atoms with Crippen molar-refractivity contribution in [2.24, 2.45) is 5.41 Å². The lowest BCUT2D eigenvalue weighted by molar-refractivity contribution is -0.0977. The minimum atomic E-state index is 0.0737. The van der Waals surface area contributed by atoms with Gasteiger partial charge in [-0.15, -0.1) is 0 Å². The number of rotatable bonds is 7. The number of methoxy groups -OCH3 is 1. The third-order valence-corrected chi connectivity index (χ3v) is 4.21. The highest BCUT2D eigenvalue weighted by Crippen LogP contribution is 2.45. The summed E-state index contributed by atoms with van der Waals surface area (Å²) in [4.78, 5) is 8.54. The first-order valence-electron chi connectivity index (χ1n) is 7.55. The van der Waals surface area contributed by atoms with Crippen molar-refractivity contribution < 1.29 is 9.47 Å². The number of nitrogens with zero attached hydrogens (tertiary/aromatic N) is 2. The van der Waals surface area contributed by atoms with E-state index in [0.29, 0.717) is 17.9 Å². The van der Waals surface area contributed by atoms with Gasteiger partial charge in [-0.3, -0.25) is 0 Å². The maximum Gasteiger partial charge on any atom is 0.204 e. The van der Waals surface area contributed by atoms with Crippen LogP contribution in [-0.2, 0) is 4.74 Å². The van der Waals surface area contributed by atoms with Gasteiger partial charge < -0.3 is 20.1 Å². The first kappa shape index (κ1) is 15.8. The molecule has 1 aliphatic rings. The monoisotopic (exact) mass is 294 g/mol. The van der Waals surface area contributed by atoms with E-state index in [-0.39, 0.29) is 5.41 Å². The first-order valence-corrected chi connectivity index (χ1v) is 7.55. The van der Waals surface area contributed by atoms with Gasteiger partial charge in [0.05, 0.1) is 13.2 Å². The van der Waals surface area contributed by atoms with Crippen LogP contribution < -0.4 is 15.4 Å². The van der Waals surface area contributed by atoms with Crippen LogP contribution in [0.25, 0.3) is 0 Å². The number of hydrogen-bond donors (Lipinski definition) is 2. The minimum Gasteiger partial charge on any atom is -0.490 e. The molecular formula is C15H26N4O2. The molecule has 1 saturated carbocycles. The van der Waals surface area contributed by atoms with Gasteiger partial charge in [-0.05, 0) is 20.3 Å². The molecule has 0 spiro atoms. The fourth-order valence-electron chi connectivity index (χ4n) is 2.74. The summed E-state index contributed by atoms with van der Waals surface area (Å²) >= 11 is 0. The van der Waals surface area contributed by atoms with E-state index in [9.17, 15) is 0 Å². The second kappa shape index (κ2) is 6.47. The second-order valence-corrected chi connectivity index (χ2v) is 5.83. The van der Waals surface area contributed by atoms with Crippen molar-refractivity contribution in [3.8, 4) is 5.75 Å². The van der Waals surface area contributed by atoms with Gasteiger partial charge >= 0.3 is 0 Å². The van der Waals surface area contributed by atoms with Crippen molar-refractivity contribution in [3.63, 3.8) is 0 Å². The molecule has 0 amide bonds. The number of anilines is 2. The summed E-state index contributed by atoms with van der Waals surface area (Å²) in [6.07, 6.45) is 2.82. The van der Waals surface area contributed by atoms with Crippen LogP contribution in [0, 0.1) is 5.41 Å². The fourth-order valence-corrected chi connectivity index (χ4v) is 2.74. The van der Waals surface area contributed by atoms with E-state index in [1.54, 1.807) is 13.4 Å². The summed E-state index contributed by atoms with van der Waals surface area (Å²) in [6, 6.07) is 0.312. The Hall–Kier alpha value is -1.56. The summed E-state index contributed by atoms with van der Waals surface area (Å²) in [7, 11) is 1.64. The average Bonchev–Trinajstić information content (AvgIpc) is 2.47. The molecule has 0 aromatic carbocycles. The fraction of sp³-hybridized carbons (Fsp3) is 0.733. The highest BCUT2D eigenvalue weighted by atomic mass is 16.5. The zero-order valence-corrected chi connectivity index (χ0v) is 13.6. The van der Waals surface area contributed by atoms with E-state index in [1.165, 1.54) is 0 Å². The number of hydrogen-bond acceptors (Lipinski definition) is 6. The predicted molar refractivity (Wildman–Crippen MR) is 84.0 cm³/mol. The van der Waals surface area contributed by atoms with Crippen molar-refractivity contribution in [1.82, 2.24) is 9.97 Å². The predicted octanol–water partition coefficient (Wildman–Crippen LogP) is 2.53. The van der Waals surface area contributed by atoms with Crippen LogP contribution in [0.15, 0.2) is 6.33 Å². The van der Waals surface area contributed by atoms with Crippen molar-refractivity contribution in [3.05, 3.63) is 6.33 Å². The van der Waals surface area contributed by atoms with Crippen LogP contribution in [-0.4, -0.2) is 42.4 Å². The average molecular weight is 294 g/mol. The van der Waals surface area contributed by atoms with Crippen LogP contribution in [0.2, 0.25) is 0 Å². The molecule has 2 rings (SSSR count). The minimum absolute atomic E-state index is 0.0737. The molecule has 0 radical (unpaired) electrons. The van der Waals surface area contributed by atoms with Crippen LogP contribution in [0.3, 0.4) is 0 Å². The van der Waals surface area contributed by atoms with Gasteiger partial charge in [0.2, 0.25) is 5.75 Å². The standard InChI is InChI=1S/C15H26N4O2/c1-6-16-13-12(20-5)14(18-9-17-13)19-10-8-11(21-7-2)15(10,3)4/h9-11H,6-8H2,1-5H3,(H2,16,17,18,19). The highest BCUT2D eigenvalue weighted by Gasteiger charge is 2.49. The van der Waals surface area contributed by atoms with E-state index in [2.05, 4.69) is 34.4 Å². The van der Waals surface area contributed by atoms with Gasteiger partial charge in [0.25, 0.3) is 0 Å². The topological polar surface area (TPSA) is 68.3 Å². The molecular weight excluding hydrogens is 268 g/mol. The van der Waals surface area contributed by atoms with Gasteiger partial charge in [0.1, 0.15) is 6.33 Å². The molecule has 6 nitrogen and oxygen atoms in total. The Kier molecular flexibility index (Phi) is 4.88. The molecule has 0 saturated heterocycles. The third-order valence-electron chi connectivity index (χ3n) is 4.21. The van der Waals surface area contributed by atoms with Gasteiger partial charge in [-0.25, -0.2) is 9.97 Å². The second-order valence-electron chi connectivity index (χ2n) is 5.83. The maximum absolute atomic E-state index is 5.76. The largest absolute Gasteiger partial charge is 0.490 e. The molecule has 2 unspecified atom stereocenters. The molecule has 21 heavy (non-hydrogen) atoms. The lowest BCUT2D eigenvalue weighted by atomic mass is 9.64. The molecule has 0 bridgehead atoms. The van der Waals surface area contributed by atoms with E-state index in [0.717, 1.165) is 31.2 Å². The summed E-state index contributed by atoms with van der Waals surface area (Å²) in [5.74, 6) is 2.11. The van der Waals surface area contributed by atoms with Crippen molar-refractivity contribution in [2.45, 2.75) is 46.3 Å². The first-order chi connectivity index (χ1) is 10.0. The Bertz CT molecular complexity index is 479. The molecule has 118 valence electrons. The quantitative estimate of drug-likeness (QED) is 0.805. The van der Waals surface area contributed by atoms with Gasteiger partial charge in [0, 0.05) is 24.6 Å². The zero-order valence-electron chi connectivity index (χ0n) is 13.6. The molecule has 1 heterocycles. The normalized spacial score (nSPS) is 23.3. The smallest absolute Gasteiger partial charge is 0.204 e. The Morgan fingerprint density at radius 2 is 2.00 bits per heavy atom. The summed E-state index contributed by atoms with van der Waals surface area (Å²) in [6.45, 7) is 10.0. The summed E-state index contributed by atoms with van der Waals surface area (Å²) in [5.41, 5.74) is 0.0737. The molecule has 0 aliphatic heterocycles. The molecule has 1 aromatic heterocycles. The van der Waals surface area contributed by atoms with E-state index < -0.39 is 0 Å². The zero-order chi connectivity index (χ0) is 15.5. The molecule has 6 heteroatoms. The van der Waals surface area contributed by atoms with Gasteiger partial charge in [-0.1, -0.05) is 13.8 Å². The lowest BCUT2D eigenvalue weighted by Gasteiger charge is -2.51. The molecule has 2 N–H and O–H groups in total. The van der Waals surface area contributed by atoms with E-state index in [1.807, 2.05) is 13.8 Å². The molecule has 1 aromatic rings.